The van der Waals surface area contributed by atoms with Gasteiger partial charge in [0.25, 0.3) is 0 Å². The van der Waals surface area contributed by atoms with Gasteiger partial charge in [-0.3, -0.25) is 19.2 Å². The first kappa shape index (κ1) is 24.1. The van der Waals surface area contributed by atoms with Crippen molar-refractivity contribution in [2.45, 2.75) is 33.6 Å². The number of fused-ring (bicyclic) bond motifs is 2. The average molecular weight is 449 g/mol. The number of carbonyl (C=O) groups excluding carboxylic acids is 4. The molecule has 2 atom stereocenters. The summed E-state index contributed by atoms with van der Waals surface area (Å²) < 4.78 is 10.5. The molecule has 0 radical (unpaired) electrons. The van der Waals surface area contributed by atoms with Crippen LogP contribution in [-0.2, 0) is 28.7 Å². The van der Waals surface area contributed by atoms with Crippen LogP contribution >= 0.6 is 0 Å². The lowest BCUT2D eigenvalue weighted by Crippen LogP contribution is -2.40. The lowest BCUT2D eigenvalue weighted by atomic mass is 9.71. The summed E-state index contributed by atoms with van der Waals surface area (Å²) in [5, 5.41) is 3.25. The summed E-state index contributed by atoms with van der Waals surface area (Å²) >= 11 is 0. The maximum absolute atomic E-state index is 13.1. The molecule has 0 aliphatic rings. The Balaban J connectivity index is 2.46. The van der Waals surface area contributed by atoms with E-state index in [0.717, 1.165) is 21.5 Å². The Morgan fingerprint density at radius 1 is 0.697 bits per heavy atom. The smallest absolute Gasteiger partial charge is 0.317 e. The van der Waals surface area contributed by atoms with Crippen LogP contribution in [0.1, 0.15) is 39.2 Å². The Labute approximate surface area is 192 Å². The molecule has 6 nitrogen and oxygen atoms in total. The van der Waals surface area contributed by atoms with Gasteiger partial charge in [-0.05, 0) is 60.9 Å². The van der Waals surface area contributed by atoms with Crippen molar-refractivity contribution in [3.05, 3.63) is 60.2 Å². The van der Waals surface area contributed by atoms with E-state index in [4.69, 9.17) is 9.47 Å². The SMILES string of the molecule is CCOC(=O)C(C(C)=O)C(c1c2ccccc2cc2ccccc12)C(C(C)=O)C(=O)OCC. The molecule has 0 aromatic heterocycles. The second-order valence-electron chi connectivity index (χ2n) is 7.94. The van der Waals surface area contributed by atoms with E-state index in [1.165, 1.54) is 13.8 Å². The first-order valence-electron chi connectivity index (χ1n) is 11.1. The predicted octanol–water partition coefficient (Wildman–Crippen LogP) is 4.61. The number of esters is 2. The van der Waals surface area contributed by atoms with Gasteiger partial charge in [-0.25, -0.2) is 0 Å². The fourth-order valence-electron chi connectivity index (χ4n) is 4.53. The number of ether oxygens (including phenoxy) is 2. The summed E-state index contributed by atoms with van der Waals surface area (Å²) in [6.45, 7) is 5.98. The van der Waals surface area contributed by atoms with Gasteiger partial charge in [0.1, 0.15) is 23.4 Å². The van der Waals surface area contributed by atoms with Crippen molar-refractivity contribution in [2.75, 3.05) is 13.2 Å². The molecule has 0 aliphatic heterocycles. The van der Waals surface area contributed by atoms with Crippen LogP contribution in [0.3, 0.4) is 0 Å². The molecule has 172 valence electrons. The minimum atomic E-state index is -1.35. The highest BCUT2D eigenvalue weighted by Crippen LogP contribution is 2.43. The highest BCUT2D eigenvalue weighted by molar-refractivity contribution is 6.09. The van der Waals surface area contributed by atoms with Gasteiger partial charge >= 0.3 is 11.9 Å². The monoisotopic (exact) mass is 448 g/mol. The lowest BCUT2D eigenvalue weighted by molar-refractivity contribution is -0.157. The van der Waals surface area contributed by atoms with Gasteiger partial charge in [-0.2, -0.15) is 0 Å². The minimum Gasteiger partial charge on any atom is -0.465 e. The second kappa shape index (κ2) is 10.4. The Hall–Kier alpha value is -3.54. The third-order valence-corrected chi connectivity index (χ3v) is 5.82. The van der Waals surface area contributed by atoms with Crippen LogP contribution in [0.4, 0.5) is 0 Å². The Morgan fingerprint density at radius 3 is 1.45 bits per heavy atom. The van der Waals surface area contributed by atoms with E-state index in [1.807, 2.05) is 54.6 Å². The molecule has 6 heteroatoms. The van der Waals surface area contributed by atoms with Crippen molar-refractivity contribution in [1.29, 1.82) is 0 Å². The van der Waals surface area contributed by atoms with Gasteiger partial charge in [-0.15, -0.1) is 0 Å². The van der Waals surface area contributed by atoms with Crippen LogP contribution in [0.5, 0.6) is 0 Å². The predicted molar refractivity (Wildman–Crippen MR) is 126 cm³/mol. The number of hydrogen-bond acceptors (Lipinski definition) is 6. The molecule has 33 heavy (non-hydrogen) atoms. The maximum Gasteiger partial charge on any atom is 0.317 e. The van der Waals surface area contributed by atoms with Crippen LogP contribution in [0.25, 0.3) is 21.5 Å². The number of Topliss-reactive ketones (excluding diaryl/α,β-unsaturated/α-hetero) is 2. The van der Waals surface area contributed by atoms with Gasteiger partial charge in [0.15, 0.2) is 0 Å². The van der Waals surface area contributed by atoms with Crippen LogP contribution in [-0.4, -0.2) is 36.7 Å². The summed E-state index contributed by atoms with van der Waals surface area (Å²) in [7, 11) is 0. The molecular formula is C27H28O6. The topological polar surface area (TPSA) is 86.7 Å². The van der Waals surface area contributed by atoms with Gasteiger partial charge in [-0.1, -0.05) is 48.5 Å². The maximum atomic E-state index is 13.1. The van der Waals surface area contributed by atoms with Crippen molar-refractivity contribution in [3.8, 4) is 0 Å². The molecule has 0 amide bonds. The minimum absolute atomic E-state index is 0.0652. The summed E-state index contributed by atoms with van der Waals surface area (Å²) in [5.41, 5.74) is 0.588. The lowest BCUT2D eigenvalue weighted by Gasteiger charge is -2.31. The van der Waals surface area contributed by atoms with E-state index in [-0.39, 0.29) is 13.2 Å². The molecule has 0 bridgehead atoms. The molecule has 3 aromatic carbocycles. The normalized spacial score (nSPS) is 13.8. The van der Waals surface area contributed by atoms with Crippen LogP contribution in [0.15, 0.2) is 54.6 Å². The molecule has 0 spiro atoms. The zero-order valence-corrected chi connectivity index (χ0v) is 19.3. The van der Waals surface area contributed by atoms with E-state index in [2.05, 4.69) is 0 Å². The van der Waals surface area contributed by atoms with Crippen LogP contribution in [0.2, 0.25) is 0 Å². The first-order valence-corrected chi connectivity index (χ1v) is 11.1. The van der Waals surface area contributed by atoms with E-state index >= 15 is 0 Å². The molecule has 0 N–H and O–H groups in total. The van der Waals surface area contributed by atoms with Gasteiger partial charge in [0, 0.05) is 5.92 Å². The van der Waals surface area contributed by atoms with Crippen LogP contribution in [0, 0.1) is 11.8 Å². The van der Waals surface area contributed by atoms with Crippen LogP contribution < -0.4 is 0 Å². The molecule has 2 unspecified atom stereocenters. The Morgan fingerprint density at radius 2 is 1.09 bits per heavy atom. The van der Waals surface area contributed by atoms with Gasteiger partial charge in [0.05, 0.1) is 13.2 Å². The molecular weight excluding hydrogens is 420 g/mol. The molecule has 0 saturated heterocycles. The molecule has 3 aromatic rings. The van der Waals surface area contributed by atoms with E-state index in [9.17, 15) is 19.2 Å². The molecule has 0 fully saturated rings. The summed E-state index contributed by atoms with van der Waals surface area (Å²) in [4.78, 5) is 51.9. The van der Waals surface area contributed by atoms with Crippen molar-refractivity contribution < 1.29 is 28.7 Å². The summed E-state index contributed by atoms with van der Waals surface area (Å²) in [6, 6.07) is 17.0. The second-order valence-corrected chi connectivity index (χ2v) is 7.94. The standard InChI is InChI=1S/C27H28O6/c1-5-32-26(30)22(16(3)28)25(23(17(4)29)27(31)33-6-2)24-20-13-9-7-11-18(20)15-19-12-8-10-14-21(19)24/h7-15,22-23,25H,5-6H2,1-4H3. The zero-order chi connectivity index (χ0) is 24.1. The van der Waals surface area contributed by atoms with E-state index < -0.39 is 41.3 Å². The third-order valence-electron chi connectivity index (χ3n) is 5.82. The summed E-state index contributed by atoms with van der Waals surface area (Å²) in [6.07, 6.45) is 0. The van der Waals surface area contributed by atoms with Crippen molar-refractivity contribution in [1.82, 2.24) is 0 Å². The molecule has 0 saturated carbocycles. The molecule has 3 rings (SSSR count). The first-order chi connectivity index (χ1) is 15.8. The van der Waals surface area contributed by atoms with E-state index in [0.29, 0.717) is 5.56 Å². The fourth-order valence-corrected chi connectivity index (χ4v) is 4.53. The van der Waals surface area contributed by atoms with Gasteiger partial charge < -0.3 is 9.47 Å². The number of benzene rings is 3. The average Bonchev–Trinajstić information content (AvgIpc) is 2.77. The largest absolute Gasteiger partial charge is 0.465 e. The van der Waals surface area contributed by atoms with Crippen molar-refractivity contribution in [2.24, 2.45) is 11.8 Å². The number of carbonyl (C=O) groups is 4. The fraction of sp³-hybridized carbons (Fsp3) is 0.333. The molecule has 0 aliphatic carbocycles. The highest BCUT2D eigenvalue weighted by atomic mass is 16.5. The third kappa shape index (κ3) is 4.80. The Kier molecular flexibility index (Phi) is 7.59. The highest BCUT2D eigenvalue weighted by Gasteiger charge is 2.46. The Bertz CT molecular complexity index is 1120. The zero-order valence-electron chi connectivity index (χ0n) is 19.3. The number of hydrogen-bond donors (Lipinski definition) is 0. The van der Waals surface area contributed by atoms with Gasteiger partial charge in [0.2, 0.25) is 0 Å². The number of ketones is 2. The molecule has 0 heterocycles. The summed E-state index contributed by atoms with van der Waals surface area (Å²) in [5.74, 6) is -6.27. The number of rotatable bonds is 9. The quantitative estimate of drug-likeness (QED) is 0.270. The van der Waals surface area contributed by atoms with Crippen molar-refractivity contribution >= 4 is 45.0 Å². The van der Waals surface area contributed by atoms with Crippen molar-refractivity contribution in [3.63, 3.8) is 0 Å². The van der Waals surface area contributed by atoms with E-state index in [1.54, 1.807) is 13.8 Å².